The topological polar surface area (TPSA) is 74.5 Å². The number of carbonyl (C=O) groups excluding carboxylic acids is 1. The maximum atomic E-state index is 11.9. The van der Waals surface area contributed by atoms with Crippen molar-refractivity contribution >= 4 is 5.97 Å². The lowest BCUT2D eigenvalue weighted by Crippen LogP contribution is -2.31. The van der Waals surface area contributed by atoms with Crippen molar-refractivity contribution in [3.63, 3.8) is 0 Å². The lowest BCUT2D eigenvalue weighted by molar-refractivity contribution is -0.149. The molecule has 0 spiro atoms. The van der Waals surface area contributed by atoms with Gasteiger partial charge in [-0.2, -0.15) is 4.98 Å². The average Bonchev–Trinajstić information content (AvgIpc) is 2.86. The molecular formula is C13H22N2O4. The molecule has 6 heteroatoms. The Kier molecular flexibility index (Phi) is 5.47. The summed E-state index contributed by atoms with van der Waals surface area (Å²) in [5.74, 6) is 0.338. The zero-order valence-electron chi connectivity index (χ0n) is 12.2. The number of carbonyl (C=O) groups is 1. The third-order valence-electron chi connectivity index (χ3n) is 2.79. The van der Waals surface area contributed by atoms with Gasteiger partial charge in [0.2, 0.25) is 11.7 Å². The molecule has 6 nitrogen and oxygen atoms in total. The van der Waals surface area contributed by atoms with E-state index in [1.54, 1.807) is 20.8 Å². The Hall–Kier alpha value is -1.43. The number of esters is 1. The van der Waals surface area contributed by atoms with Crippen LogP contribution in [0.15, 0.2) is 4.52 Å². The van der Waals surface area contributed by atoms with Crippen LogP contribution in [0.3, 0.4) is 0 Å². The summed E-state index contributed by atoms with van der Waals surface area (Å²) < 4.78 is 15.7. The molecule has 0 saturated heterocycles. The Morgan fingerprint density at radius 1 is 1.32 bits per heavy atom. The maximum absolute atomic E-state index is 11.9. The summed E-state index contributed by atoms with van der Waals surface area (Å²) in [6, 6.07) is 0. The minimum Gasteiger partial charge on any atom is -0.465 e. The summed E-state index contributed by atoms with van der Waals surface area (Å²) in [6.45, 7) is 9.94. The van der Waals surface area contributed by atoms with Crippen LogP contribution in [0.25, 0.3) is 0 Å². The molecule has 1 rings (SSSR count). The van der Waals surface area contributed by atoms with E-state index in [4.69, 9.17) is 14.0 Å². The quantitative estimate of drug-likeness (QED) is 0.708. The predicted octanol–water partition coefficient (Wildman–Crippen LogP) is 2.40. The van der Waals surface area contributed by atoms with Crippen LogP contribution >= 0.6 is 0 Å². The Morgan fingerprint density at radius 3 is 2.53 bits per heavy atom. The first-order valence-electron chi connectivity index (χ1n) is 6.60. The number of ether oxygens (including phenoxy) is 2. The zero-order valence-corrected chi connectivity index (χ0v) is 12.2. The second-order valence-corrected chi connectivity index (χ2v) is 4.66. The van der Waals surface area contributed by atoms with Gasteiger partial charge in [-0.1, -0.05) is 12.1 Å². The fourth-order valence-electron chi connectivity index (χ4n) is 1.59. The van der Waals surface area contributed by atoms with Crippen LogP contribution in [0.4, 0.5) is 0 Å². The molecule has 1 heterocycles. The highest BCUT2D eigenvalue weighted by Crippen LogP contribution is 2.26. The van der Waals surface area contributed by atoms with Crippen LogP contribution in [0.1, 0.15) is 58.9 Å². The number of hydrogen-bond donors (Lipinski definition) is 0. The molecule has 1 atom stereocenters. The van der Waals surface area contributed by atoms with Gasteiger partial charge in [0.1, 0.15) is 11.5 Å². The predicted molar refractivity (Wildman–Crippen MR) is 68.6 cm³/mol. The lowest BCUT2D eigenvalue weighted by Gasteiger charge is -2.17. The van der Waals surface area contributed by atoms with E-state index in [1.165, 1.54) is 0 Å². The molecule has 0 aliphatic heterocycles. The summed E-state index contributed by atoms with van der Waals surface area (Å²) in [6.07, 6.45) is 0.535. The van der Waals surface area contributed by atoms with Crippen molar-refractivity contribution in [2.24, 2.45) is 0 Å². The number of rotatable bonds is 7. The van der Waals surface area contributed by atoms with E-state index in [2.05, 4.69) is 10.1 Å². The first kappa shape index (κ1) is 15.6. The van der Waals surface area contributed by atoms with Gasteiger partial charge < -0.3 is 14.0 Å². The molecule has 0 bridgehead atoms. The monoisotopic (exact) mass is 270 g/mol. The van der Waals surface area contributed by atoms with Crippen LogP contribution in [-0.4, -0.2) is 29.3 Å². The van der Waals surface area contributed by atoms with Gasteiger partial charge in [0.15, 0.2) is 0 Å². The van der Waals surface area contributed by atoms with Crippen LogP contribution in [0, 0.1) is 0 Å². The third kappa shape index (κ3) is 3.53. The van der Waals surface area contributed by atoms with E-state index >= 15 is 0 Å². The second kappa shape index (κ2) is 6.65. The molecule has 0 aliphatic rings. The summed E-state index contributed by atoms with van der Waals surface area (Å²) in [7, 11) is 0. The first-order valence-corrected chi connectivity index (χ1v) is 6.60. The van der Waals surface area contributed by atoms with Crippen molar-refractivity contribution in [2.45, 2.75) is 52.6 Å². The fourth-order valence-corrected chi connectivity index (χ4v) is 1.59. The van der Waals surface area contributed by atoms with E-state index in [1.807, 2.05) is 13.8 Å². The molecule has 0 saturated carbocycles. The summed E-state index contributed by atoms with van der Waals surface area (Å²) >= 11 is 0. The van der Waals surface area contributed by atoms with Crippen LogP contribution in [-0.2, 0) is 19.7 Å². The van der Waals surface area contributed by atoms with E-state index < -0.39 is 5.41 Å². The molecule has 0 amide bonds. The second-order valence-electron chi connectivity index (χ2n) is 4.66. The number of aromatic nitrogens is 2. The Morgan fingerprint density at radius 2 is 2.00 bits per heavy atom. The molecule has 0 N–H and O–H groups in total. The summed E-state index contributed by atoms with van der Waals surface area (Å²) in [5, 5.41) is 3.90. The van der Waals surface area contributed by atoms with Crippen LogP contribution in [0.2, 0.25) is 0 Å². The van der Waals surface area contributed by atoms with Crippen molar-refractivity contribution in [3.8, 4) is 0 Å². The van der Waals surface area contributed by atoms with Crippen molar-refractivity contribution in [1.82, 2.24) is 10.1 Å². The van der Waals surface area contributed by atoms with E-state index in [9.17, 15) is 4.79 Å². The molecular weight excluding hydrogens is 248 g/mol. The maximum Gasteiger partial charge on any atom is 0.321 e. The largest absolute Gasteiger partial charge is 0.465 e. The van der Waals surface area contributed by atoms with E-state index in [0.717, 1.165) is 6.42 Å². The van der Waals surface area contributed by atoms with Gasteiger partial charge in [-0.15, -0.1) is 0 Å². The van der Waals surface area contributed by atoms with Crippen molar-refractivity contribution in [2.75, 3.05) is 13.2 Å². The third-order valence-corrected chi connectivity index (χ3v) is 2.79. The summed E-state index contributed by atoms with van der Waals surface area (Å²) in [5.41, 5.74) is -0.953. The van der Waals surface area contributed by atoms with Crippen LogP contribution < -0.4 is 0 Å². The molecule has 0 radical (unpaired) electrons. The molecule has 0 aliphatic carbocycles. The normalized spacial score (nSPS) is 13.3. The highest BCUT2D eigenvalue weighted by molar-refractivity contribution is 5.80. The Balaban J connectivity index is 2.91. The van der Waals surface area contributed by atoms with Gasteiger partial charge in [0.25, 0.3) is 0 Å². The van der Waals surface area contributed by atoms with Crippen molar-refractivity contribution < 1.29 is 18.8 Å². The highest BCUT2D eigenvalue weighted by atomic mass is 16.5. The van der Waals surface area contributed by atoms with E-state index in [0.29, 0.717) is 19.0 Å². The van der Waals surface area contributed by atoms with Crippen molar-refractivity contribution in [3.05, 3.63) is 11.7 Å². The molecule has 108 valence electrons. The number of nitrogens with zero attached hydrogens (tertiary/aromatic N) is 2. The van der Waals surface area contributed by atoms with Crippen LogP contribution in [0.5, 0.6) is 0 Å². The minimum atomic E-state index is -0.953. The van der Waals surface area contributed by atoms with Gasteiger partial charge in [0, 0.05) is 6.61 Å². The highest BCUT2D eigenvalue weighted by Gasteiger charge is 2.38. The van der Waals surface area contributed by atoms with Gasteiger partial charge in [-0.25, -0.2) is 0 Å². The summed E-state index contributed by atoms with van der Waals surface area (Å²) in [4.78, 5) is 16.1. The smallest absolute Gasteiger partial charge is 0.321 e. The molecule has 1 unspecified atom stereocenters. The molecule has 1 aromatic heterocycles. The van der Waals surface area contributed by atoms with Gasteiger partial charge in [-0.3, -0.25) is 4.79 Å². The molecule has 19 heavy (non-hydrogen) atoms. The zero-order chi connectivity index (χ0) is 14.5. The van der Waals surface area contributed by atoms with Gasteiger partial charge in [0.05, 0.1) is 6.61 Å². The van der Waals surface area contributed by atoms with Crippen molar-refractivity contribution in [1.29, 1.82) is 0 Å². The standard InChI is InChI=1S/C13H22N2O4/c1-6-9(17-7-2)10-14-11(19-15-10)13(4,5)12(16)18-8-3/h9H,6-8H2,1-5H3. The molecule has 1 aromatic rings. The lowest BCUT2D eigenvalue weighted by atomic mass is 9.94. The Labute approximate surface area is 113 Å². The SMILES string of the molecule is CCOC(=O)C(C)(C)c1nc(C(CC)OCC)no1. The van der Waals surface area contributed by atoms with Gasteiger partial charge in [-0.05, 0) is 34.1 Å². The molecule has 0 fully saturated rings. The first-order chi connectivity index (χ1) is 8.97. The Bertz CT molecular complexity index is 415. The van der Waals surface area contributed by atoms with E-state index in [-0.39, 0.29) is 18.0 Å². The average molecular weight is 270 g/mol. The molecule has 0 aromatic carbocycles. The fraction of sp³-hybridized carbons (Fsp3) is 0.769. The van der Waals surface area contributed by atoms with Gasteiger partial charge >= 0.3 is 5.97 Å². The minimum absolute atomic E-state index is 0.208. The number of hydrogen-bond acceptors (Lipinski definition) is 6.